The Kier molecular flexibility index (Phi) is 6.59. The van der Waals surface area contributed by atoms with Crippen molar-refractivity contribution < 1.29 is 4.74 Å². The molecule has 1 N–H and O–H groups in total. The predicted octanol–water partition coefficient (Wildman–Crippen LogP) is 3.04. The van der Waals surface area contributed by atoms with Gasteiger partial charge in [-0.2, -0.15) is 0 Å². The van der Waals surface area contributed by atoms with Gasteiger partial charge in [0.15, 0.2) is 5.96 Å². The second-order valence-corrected chi connectivity index (χ2v) is 7.97. The van der Waals surface area contributed by atoms with Crippen molar-refractivity contribution in [2.24, 2.45) is 10.4 Å². The van der Waals surface area contributed by atoms with Gasteiger partial charge in [0.2, 0.25) is 0 Å². The number of anilines is 1. The first-order valence-electron chi connectivity index (χ1n) is 9.66. The van der Waals surface area contributed by atoms with Gasteiger partial charge in [-0.3, -0.25) is 4.99 Å². The Balaban J connectivity index is 1.52. The van der Waals surface area contributed by atoms with E-state index < -0.39 is 0 Å². The first-order chi connectivity index (χ1) is 12.3. The van der Waals surface area contributed by atoms with Crippen LogP contribution in [0.4, 0.5) is 5.00 Å². The fraction of sp³-hybridized carbons (Fsp3) is 0.737. The maximum absolute atomic E-state index is 5.55. The van der Waals surface area contributed by atoms with Crippen molar-refractivity contribution in [2.75, 3.05) is 57.4 Å². The highest BCUT2D eigenvalue weighted by Crippen LogP contribution is 2.49. The van der Waals surface area contributed by atoms with Gasteiger partial charge >= 0.3 is 0 Å². The predicted molar refractivity (Wildman–Crippen MR) is 107 cm³/mol. The number of nitrogens with one attached hydrogen (secondary N) is 1. The SMILES string of the molecule is CCNC(=NCC1(CCOCC)CC1)N1CCN(c2cccs2)CC1. The standard InChI is InChI=1S/C19H32N4OS/c1-3-20-18(21-16-19(7-8-19)9-14-24-4-2)23-12-10-22(11-13-23)17-6-5-15-25-17/h5-6,15H,3-4,7-14,16H2,1-2H3,(H,20,21). The molecule has 0 amide bonds. The van der Waals surface area contributed by atoms with Crippen molar-refractivity contribution in [3.63, 3.8) is 0 Å². The number of nitrogens with zero attached hydrogens (tertiary/aromatic N) is 3. The average molecular weight is 365 g/mol. The molecule has 1 aromatic heterocycles. The highest BCUT2D eigenvalue weighted by atomic mass is 32.1. The summed E-state index contributed by atoms with van der Waals surface area (Å²) in [5.41, 5.74) is 0.411. The minimum atomic E-state index is 0.411. The largest absolute Gasteiger partial charge is 0.382 e. The van der Waals surface area contributed by atoms with E-state index in [1.54, 1.807) is 0 Å². The molecule has 1 saturated carbocycles. The van der Waals surface area contributed by atoms with E-state index in [4.69, 9.17) is 9.73 Å². The van der Waals surface area contributed by atoms with Crippen molar-refractivity contribution in [3.05, 3.63) is 17.5 Å². The maximum atomic E-state index is 5.55. The molecule has 0 radical (unpaired) electrons. The smallest absolute Gasteiger partial charge is 0.194 e. The molecule has 2 aliphatic rings. The number of thiophene rings is 1. The lowest BCUT2D eigenvalue weighted by Gasteiger charge is -2.37. The van der Waals surface area contributed by atoms with E-state index in [9.17, 15) is 0 Å². The van der Waals surface area contributed by atoms with E-state index in [0.29, 0.717) is 5.41 Å². The van der Waals surface area contributed by atoms with E-state index in [1.165, 1.54) is 17.8 Å². The van der Waals surface area contributed by atoms with Crippen LogP contribution in [-0.4, -0.2) is 63.3 Å². The lowest BCUT2D eigenvalue weighted by Crippen LogP contribution is -2.52. The normalized spacial score (nSPS) is 20.0. The summed E-state index contributed by atoms with van der Waals surface area (Å²) in [5, 5.41) is 7.04. The van der Waals surface area contributed by atoms with Crippen molar-refractivity contribution >= 4 is 22.3 Å². The first-order valence-corrected chi connectivity index (χ1v) is 10.5. The van der Waals surface area contributed by atoms with Gasteiger partial charge in [-0.15, -0.1) is 11.3 Å². The molecule has 0 atom stereocenters. The third kappa shape index (κ3) is 5.11. The van der Waals surface area contributed by atoms with Gasteiger partial charge in [-0.1, -0.05) is 0 Å². The van der Waals surface area contributed by atoms with E-state index >= 15 is 0 Å². The summed E-state index contributed by atoms with van der Waals surface area (Å²) >= 11 is 1.83. The summed E-state index contributed by atoms with van der Waals surface area (Å²) in [6.45, 7) is 12.0. The van der Waals surface area contributed by atoms with Crippen LogP contribution >= 0.6 is 11.3 Å². The Morgan fingerprint density at radius 1 is 1.28 bits per heavy atom. The van der Waals surface area contributed by atoms with Crippen LogP contribution in [0, 0.1) is 5.41 Å². The van der Waals surface area contributed by atoms with Gasteiger partial charge in [-0.05, 0) is 56.0 Å². The lowest BCUT2D eigenvalue weighted by atomic mass is 10.0. The van der Waals surface area contributed by atoms with Crippen molar-refractivity contribution in [3.8, 4) is 0 Å². The third-order valence-corrected chi connectivity index (χ3v) is 6.16. The summed E-state index contributed by atoms with van der Waals surface area (Å²) in [4.78, 5) is 9.90. The zero-order valence-electron chi connectivity index (χ0n) is 15.7. The zero-order valence-corrected chi connectivity index (χ0v) is 16.5. The second kappa shape index (κ2) is 8.90. The molecule has 5 nitrogen and oxygen atoms in total. The summed E-state index contributed by atoms with van der Waals surface area (Å²) in [5.74, 6) is 1.09. The Morgan fingerprint density at radius 2 is 2.08 bits per heavy atom. The van der Waals surface area contributed by atoms with E-state index in [2.05, 4.69) is 46.5 Å². The van der Waals surface area contributed by atoms with Gasteiger partial charge in [0.25, 0.3) is 0 Å². The molecular formula is C19H32N4OS. The Hall–Kier alpha value is -1.27. The zero-order chi connectivity index (χ0) is 17.5. The first kappa shape index (κ1) is 18.5. The average Bonchev–Trinajstić information content (AvgIpc) is 3.19. The number of rotatable bonds is 8. The van der Waals surface area contributed by atoms with E-state index in [-0.39, 0.29) is 0 Å². The summed E-state index contributed by atoms with van der Waals surface area (Å²) < 4.78 is 5.55. The molecule has 3 rings (SSSR count). The third-order valence-electron chi connectivity index (χ3n) is 5.23. The van der Waals surface area contributed by atoms with E-state index in [1.807, 2.05) is 11.3 Å². The summed E-state index contributed by atoms with van der Waals surface area (Å²) in [7, 11) is 0. The van der Waals surface area contributed by atoms with Gasteiger partial charge in [0, 0.05) is 52.5 Å². The molecule has 0 bridgehead atoms. The van der Waals surface area contributed by atoms with Crippen LogP contribution in [0.5, 0.6) is 0 Å². The highest BCUT2D eigenvalue weighted by molar-refractivity contribution is 7.14. The van der Waals surface area contributed by atoms with Crippen molar-refractivity contribution in [2.45, 2.75) is 33.1 Å². The highest BCUT2D eigenvalue weighted by Gasteiger charge is 2.42. The number of aliphatic imine (C=N–C) groups is 1. The Morgan fingerprint density at radius 3 is 2.68 bits per heavy atom. The molecular weight excluding hydrogens is 332 g/mol. The van der Waals surface area contributed by atoms with Gasteiger partial charge in [0.05, 0.1) is 5.00 Å². The molecule has 0 spiro atoms. The number of ether oxygens (including phenoxy) is 1. The number of piperazine rings is 1. The van der Waals surface area contributed by atoms with Gasteiger partial charge in [0.1, 0.15) is 0 Å². The quantitative estimate of drug-likeness (QED) is 0.437. The molecule has 140 valence electrons. The van der Waals surface area contributed by atoms with Gasteiger partial charge < -0.3 is 19.9 Å². The molecule has 1 aliphatic carbocycles. The molecule has 1 saturated heterocycles. The fourth-order valence-electron chi connectivity index (χ4n) is 3.35. The molecule has 6 heteroatoms. The Bertz CT molecular complexity index is 534. The van der Waals surface area contributed by atoms with Crippen LogP contribution in [0.15, 0.2) is 22.5 Å². The maximum Gasteiger partial charge on any atom is 0.194 e. The van der Waals surface area contributed by atoms with Crippen LogP contribution in [0.1, 0.15) is 33.1 Å². The topological polar surface area (TPSA) is 40.1 Å². The molecule has 25 heavy (non-hydrogen) atoms. The number of hydrogen-bond acceptors (Lipinski definition) is 4. The summed E-state index contributed by atoms with van der Waals surface area (Å²) in [6, 6.07) is 4.35. The number of hydrogen-bond donors (Lipinski definition) is 1. The monoisotopic (exact) mass is 364 g/mol. The Labute approximate surface area is 156 Å². The van der Waals surface area contributed by atoms with Crippen LogP contribution in [0.25, 0.3) is 0 Å². The minimum absolute atomic E-state index is 0.411. The van der Waals surface area contributed by atoms with Crippen LogP contribution < -0.4 is 10.2 Å². The lowest BCUT2D eigenvalue weighted by molar-refractivity contribution is 0.129. The second-order valence-electron chi connectivity index (χ2n) is 7.04. The number of guanidine groups is 1. The van der Waals surface area contributed by atoms with Crippen molar-refractivity contribution in [1.29, 1.82) is 0 Å². The molecule has 0 unspecified atom stereocenters. The minimum Gasteiger partial charge on any atom is -0.382 e. The van der Waals surface area contributed by atoms with Crippen LogP contribution in [-0.2, 0) is 4.74 Å². The van der Waals surface area contributed by atoms with E-state index in [0.717, 1.165) is 64.9 Å². The van der Waals surface area contributed by atoms with Crippen LogP contribution in [0.3, 0.4) is 0 Å². The fourth-order valence-corrected chi connectivity index (χ4v) is 4.14. The van der Waals surface area contributed by atoms with Crippen LogP contribution in [0.2, 0.25) is 0 Å². The molecule has 0 aromatic carbocycles. The molecule has 2 fully saturated rings. The van der Waals surface area contributed by atoms with Gasteiger partial charge in [-0.25, -0.2) is 0 Å². The molecule has 1 aliphatic heterocycles. The summed E-state index contributed by atoms with van der Waals surface area (Å²) in [6.07, 6.45) is 3.75. The van der Waals surface area contributed by atoms with Crippen molar-refractivity contribution in [1.82, 2.24) is 10.2 Å². The molecule has 2 heterocycles. The molecule has 1 aromatic rings.